The fourth-order valence-corrected chi connectivity index (χ4v) is 5.78. The number of carbonyl (C=O) groups is 3. The predicted octanol–water partition coefficient (Wildman–Crippen LogP) is 6.13. The first-order valence-electron chi connectivity index (χ1n) is 12.1. The van der Waals surface area contributed by atoms with E-state index in [9.17, 15) is 40.7 Å². The first-order chi connectivity index (χ1) is 18.6. The topological polar surface area (TPSA) is 114 Å². The molecule has 1 atom stereocenters. The van der Waals surface area contributed by atoms with Gasteiger partial charge in [0.05, 0.1) is 50.8 Å². The summed E-state index contributed by atoms with van der Waals surface area (Å²) in [7, 11) is 0. The molecule has 2 N–H and O–H groups in total. The van der Waals surface area contributed by atoms with Crippen LogP contribution >= 0.6 is 23.2 Å². The van der Waals surface area contributed by atoms with Crippen LogP contribution in [0.2, 0.25) is 10.0 Å². The Morgan fingerprint density at radius 3 is 2.08 bits per heavy atom. The van der Waals surface area contributed by atoms with E-state index in [1.165, 1.54) is 0 Å². The zero-order valence-corrected chi connectivity index (χ0v) is 22.0. The third-order valence-electron chi connectivity index (χ3n) is 7.55. The molecule has 0 saturated heterocycles. The summed E-state index contributed by atoms with van der Waals surface area (Å²) >= 11 is 11.9. The van der Waals surface area contributed by atoms with Crippen LogP contribution in [0.3, 0.4) is 0 Å². The molecule has 8 nitrogen and oxygen atoms in total. The maximum atomic E-state index is 14.2. The quantitative estimate of drug-likeness (QED) is 0.273. The Labute approximate surface area is 233 Å². The summed E-state index contributed by atoms with van der Waals surface area (Å²) in [6, 6.07) is -2.80. The highest BCUT2D eigenvalue weighted by atomic mass is 35.5. The summed E-state index contributed by atoms with van der Waals surface area (Å²) in [4.78, 5) is 41.0. The summed E-state index contributed by atoms with van der Waals surface area (Å²) in [5.74, 6) is -4.23. The molecule has 0 bridgehead atoms. The zero-order valence-electron chi connectivity index (χ0n) is 20.5. The molecule has 0 aromatic carbocycles. The number of carbonyl (C=O) groups excluding carboxylic acids is 2. The minimum Gasteiger partial charge on any atom is -0.481 e. The summed E-state index contributed by atoms with van der Waals surface area (Å²) < 4.78 is 85.2. The van der Waals surface area contributed by atoms with E-state index in [4.69, 9.17) is 28.3 Å². The van der Waals surface area contributed by atoms with Gasteiger partial charge in [-0.3, -0.25) is 24.0 Å². The van der Waals surface area contributed by atoms with E-state index in [-0.39, 0.29) is 41.3 Å². The van der Waals surface area contributed by atoms with Crippen LogP contribution in [0.15, 0.2) is 18.6 Å². The van der Waals surface area contributed by atoms with Gasteiger partial charge in [0.25, 0.3) is 5.91 Å². The van der Waals surface area contributed by atoms with Crippen LogP contribution in [0.5, 0.6) is 0 Å². The first-order valence-corrected chi connectivity index (χ1v) is 12.9. The normalized spacial score (nSPS) is 21.5. The molecule has 218 valence electrons. The highest BCUT2D eigenvalue weighted by Crippen LogP contribution is 2.60. The van der Waals surface area contributed by atoms with Crippen LogP contribution in [0.1, 0.15) is 77.4 Å². The minimum absolute atomic E-state index is 0.0462. The molecule has 0 radical (unpaired) electrons. The number of nitrogens with zero attached hydrogens (tertiary/aromatic N) is 3. The van der Waals surface area contributed by atoms with Gasteiger partial charge in [0.1, 0.15) is 0 Å². The number of Topliss-reactive ketones (excluding diaryl/α,β-unsaturated/α-hetero) is 1. The van der Waals surface area contributed by atoms with Crippen LogP contribution in [-0.4, -0.2) is 49.7 Å². The Kier molecular flexibility index (Phi) is 8.16. The monoisotopic (exact) mass is 614 g/mol. The Morgan fingerprint density at radius 1 is 1.02 bits per heavy atom. The number of halogens is 8. The molecule has 4 rings (SSSR count). The number of nitrogens with one attached hydrogen (secondary N) is 1. The highest BCUT2D eigenvalue weighted by Gasteiger charge is 2.67. The number of carboxylic acids is 1. The van der Waals surface area contributed by atoms with Crippen molar-refractivity contribution < 1.29 is 45.8 Å². The highest BCUT2D eigenvalue weighted by molar-refractivity contribution is 6.39. The molecule has 2 heterocycles. The van der Waals surface area contributed by atoms with Gasteiger partial charge in [0, 0.05) is 18.8 Å². The maximum absolute atomic E-state index is 14.2. The maximum Gasteiger partial charge on any atom is 0.433 e. The van der Waals surface area contributed by atoms with Crippen LogP contribution < -0.4 is 5.32 Å². The number of amides is 1. The second kappa shape index (κ2) is 10.8. The molecule has 2 fully saturated rings. The SMILES string of the molecule is O=C(NC(CC(=O)c1c(Cl)cncc1Cl)C1(C(F)(F)F)CC1)c1cnn([C@H]2CC[C@H](C(=O)O)CC2)c1C(F)(F)F. The van der Waals surface area contributed by atoms with Crippen molar-refractivity contribution in [3.05, 3.63) is 45.5 Å². The molecule has 0 spiro atoms. The lowest BCUT2D eigenvalue weighted by Gasteiger charge is -2.30. The number of aromatic nitrogens is 3. The fourth-order valence-electron chi connectivity index (χ4n) is 5.21. The van der Waals surface area contributed by atoms with E-state index < -0.39 is 83.9 Å². The number of hydrogen-bond acceptors (Lipinski definition) is 5. The molecule has 1 unspecified atom stereocenters. The van der Waals surface area contributed by atoms with E-state index in [2.05, 4.69) is 10.1 Å². The van der Waals surface area contributed by atoms with Crippen molar-refractivity contribution in [1.29, 1.82) is 0 Å². The van der Waals surface area contributed by atoms with Gasteiger partial charge in [-0.15, -0.1) is 0 Å². The van der Waals surface area contributed by atoms with Crippen molar-refractivity contribution in [2.45, 2.75) is 69.4 Å². The lowest BCUT2D eigenvalue weighted by atomic mass is 9.86. The minimum atomic E-state index is -5.11. The van der Waals surface area contributed by atoms with Crippen molar-refractivity contribution in [1.82, 2.24) is 20.1 Å². The van der Waals surface area contributed by atoms with Gasteiger partial charge >= 0.3 is 18.3 Å². The number of ketones is 1. The lowest BCUT2D eigenvalue weighted by molar-refractivity contribution is -0.194. The van der Waals surface area contributed by atoms with Crippen LogP contribution in [-0.2, 0) is 11.0 Å². The van der Waals surface area contributed by atoms with Gasteiger partial charge in [0.15, 0.2) is 11.5 Å². The van der Waals surface area contributed by atoms with Gasteiger partial charge < -0.3 is 10.4 Å². The largest absolute Gasteiger partial charge is 0.481 e. The number of hydrogen-bond donors (Lipinski definition) is 2. The Morgan fingerprint density at radius 2 is 1.60 bits per heavy atom. The molecule has 2 aliphatic carbocycles. The molecule has 2 aromatic heterocycles. The van der Waals surface area contributed by atoms with Gasteiger partial charge in [-0.1, -0.05) is 23.2 Å². The predicted molar refractivity (Wildman–Crippen MR) is 128 cm³/mol. The number of carboxylic acid groups (broad SMARTS) is 1. The average Bonchev–Trinajstić information content (AvgIpc) is 3.55. The van der Waals surface area contributed by atoms with E-state index in [1.807, 2.05) is 5.32 Å². The third kappa shape index (κ3) is 5.78. The van der Waals surface area contributed by atoms with Crippen molar-refractivity contribution in [2.75, 3.05) is 0 Å². The number of aliphatic carboxylic acids is 1. The summed E-state index contributed by atoms with van der Waals surface area (Å²) in [6.45, 7) is 0. The van der Waals surface area contributed by atoms with Gasteiger partial charge in [0.2, 0.25) is 0 Å². The number of pyridine rings is 1. The third-order valence-corrected chi connectivity index (χ3v) is 8.12. The standard InChI is InChI=1S/C24H22Cl2F6N4O4/c25-14-9-33-10-15(26)18(14)16(37)7-17(22(5-6-22)24(30,31)32)35-20(38)13-8-34-36(19(13)23(27,28)29)12-3-1-11(2-4-12)21(39)40/h8-12,17H,1-7H2,(H,35,38)(H,39,40)/t11-,12-,17?. The molecule has 2 aromatic rings. The summed E-state index contributed by atoms with van der Waals surface area (Å²) in [5.41, 5.74) is -5.33. The molecule has 40 heavy (non-hydrogen) atoms. The van der Waals surface area contributed by atoms with E-state index in [1.54, 1.807) is 0 Å². The number of rotatable bonds is 8. The summed E-state index contributed by atoms with van der Waals surface area (Å²) in [5, 5.41) is 14.4. The molecule has 2 aliphatic rings. The Bertz CT molecular complexity index is 1300. The average molecular weight is 615 g/mol. The van der Waals surface area contributed by atoms with E-state index in [0.29, 0.717) is 10.9 Å². The van der Waals surface area contributed by atoms with Gasteiger partial charge in [-0.05, 0) is 38.5 Å². The van der Waals surface area contributed by atoms with Gasteiger partial charge in [-0.25, -0.2) is 0 Å². The van der Waals surface area contributed by atoms with E-state index in [0.717, 1.165) is 12.4 Å². The Hall–Kier alpha value is -2.87. The van der Waals surface area contributed by atoms with Crippen LogP contribution in [0.4, 0.5) is 26.3 Å². The fraction of sp³-hybridized carbons (Fsp3) is 0.542. The second-order valence-electron chi connectivity index (χ2n) is 9.98. The number of alkyl halides is 6. The Balaban J connectivity index is 1.65. The first kappa shape index (κ1) is 30.1. The molecule has 16 heteroatoms. The zero-order chi connectivity index (χ0) is 29.6. The molecule has 0 aliphatic heterocycles. The molecule has 2 saturated carbocycles. The molecule has 1 amide bonds. The molecular formula is C24H22Cl2F6N4O4. The molecular weight excluding hydrogens is 593 g/mol. The second-order valence-corrected chi connectivity index (χ2v) is 10.8. The van der Waals surface area contributed by atoms with Crippen LogP contribution in [0.25, 0.3) is 0 Å². The van der Waals surface area contributed by atoms with Gasteiger partial charge in [-0.2, -0.15) is 31.4 Å². The van der Waals surface area contributed by atoms with Crippen molar-refractivity contribution in [2.24, 2.45) is 11.3 Å². The van der Waals surface area contributed by atoms with Crippen molar-refractivity contribution in [3.8, 4) is 0 Å². The summed E-state index contributed by atoms with van der Waals surface area (Å²) in [6.07, 6.45) is -8.83. The van der Waals surface area contributed by atoms with Crippen LogP contribution in [0, 0.1) is 11.3 Å². The van der Waals surface area contributed by atoms with Crippen molar-refractivity contribution in [3.63, 3.8) is 0 Å². The smallest absolute Gasteiger partial charge is 0.433 e. The van der Waals surface area contributed by atoms with Crippen molar-refractivity contribution >= 4 is 40.9 Å². The lowest BCUT2D eigenvalue weighted by Crippen LogP contribution is -2.49. The van der Waals surface area contributed by atoms with E-state index >= 15 is 0 Å².